The summed E-state index contributed by atoms with van der Waals surface area (Å²) in [5.41, 5.74) is 1.80. The van der Waals surface area contributed by atoms with Crippen LogP contribution in [0.4, 0.5) is 0 Å². The highest BCUT2D eigenvalue weighted by atomic mass is 31.2. The van der Waals surface area contributed by atoms with E-state index in [9.17, 15) is 9.36 Å². The smallest absolute Gasteiger partial charge is 0.354 e. The van der Waals surface area contributed by atoms with Crippen molar-refractivity contribution in [2.45, 2.75) is 20.8 Å². The molecule has 0 spiro atoms. The van der Waals surface area contributed by atoms with Crippen molar-refractivity contribution in [1.29, 1.82) is 0 Å². The molecule has 1 aromatic rings. The fourth-order valence-corrected chi connectivity index (χ4v) is 4.06. The van der Waals surface area contributed by atoms with Gasteiger partial charge >= 0.3 is 13.6 Å². The van der Waals surface area contributed by atoms with Crippen LogP contribution in [-0.4, -0.2) is 24.3 Å². The van der Waals surface area contributed by atoms with E-state index in [1.807, 2.05) is 13.8 Å². The molecule has 0 aromatic heterocycles. The van der Waals surface area contributed by atoms with Gasteiger partial charge in [0, 0.05) is 11.2 Å². The van der Waals surface area contributed by atoms with E-state index < -0.39 is 13.6 Å². The molecule has 0 aliphatic carbocycles. The first-order chi connectivity index (χ1) is 10.6. The maximum atomic E-state index is 12.7. The maximum absolute atomic E-state index is 12.7. The Morgan fingerprint density at radius 2 is 1.87 bits per heavy atom. The van der Waals surface area contributed by atoms with Gasteiger partial charge in [-0.1, -0.05) is 38.1 Å². The molecule has 1 aliphatic rings. The zero-order valence-electron chi connectivity index (χ0n) is 13.5. The summed E-state index contributed by atoms with van der Waals surface area (Å²) in [6.07, 6.45) is 0. The van der Waals surface area contributed by atoms with E-state index in [4.69, 9.17) is 14.2 Å². The van der Waals surface area contributed by atoms with E-state index in [-0.39, 0.29) is 11.0 Å². The van der Waals surface area contributed by atoms with Gasteiger partial charge in [0.05, 0.1) is 18.8 Å². The third-order valence-corrected chi connectivity index (χ3v) is 4.99. The van der Waals surface area contributed by atoms with Crippen molar-refractivity contribution in [3.8, 4) is 0 Å². The number of hydrogen-bond donors (Lipinski definition) is 1. The van der Waals surface area contributed by atoms with Crippen LogP contribution < -0.4 is 0 Å². The minimum atomic E-state index is -3.38. The van der Waals surface area contributed by atoms with Crippen LogP contribution in [0.3, 0.4) is 0 Å². The molecule has 0 atom stereocenters. The Bertz CT molecular complexity index is 703. The average Bonchev–Trinajstić information content (AvgIpc) is 2.48. The number of hydrogen-bond acceptors (Lipinski definition) is 4. The Balaban J connectivity index is 2.39. The van der Waals surface area contributed by atoms with Crippen molar-refractivity contribution in [2.75, 3.05) is 13.2 Å². The largest absolute Gasteiger partial charge is 0.478 e. The number of benzene rings is 1. The van der Waals surface area contributed by atoms with Gasteiger partial charge in [-0.25, -0.2) is 4.79 Å². The van der Waals surface area contributed by atoms with Crippen LogP contribution in [0.2, 0.25) is 0 Å². The molecule has 1 aromatic carbocycles. The predicted molar refractivity (Wildman–Crippen MR) is 89.5 cm³/mol. The molecule has 23 heavy (non-hydrogen) atoms. The van der Waals surface area contributed by atoms with E-state index in [0.717, 1.165) is 0 Å². The van der Waals surface area contributed by atoms with Gasteiger partial charge in [0.25, 0.3) is 0 Å². The number of aromatic carboxylic acids is 1. The highest BCUT2D eigenvalue weighted by Gasteiger charge is 2.35. The van der Waals surface area contributed by atoms with E-state index in [1.165, 1.54) is 17.9 Å². The first kappa shape index (κ1) is 17.7. The van der Waals surface area contributed by atoms with E-state index >= 15 is 0 Å². The quantitative estimate of drug-likeness (QED) is 0.644. The molecule has 6 heteroatoms. The number of carboxylic acids is 1. The van der Waals surface area contributed by atoms with Crippen molar-refractivity contribution in [3.05, 3.63) is 53.4 Å². The van der Waals surface area contributed by atoms with Crippen molar-refractivity contribution >= 4 is 19.1 Å². The Labute approximate surface area is 136 Å². The van der Waals surface area contributed by atoms with Crippen LogP contribution in [0.5, 0.6) is 0 Å². The average molecular weight is 336 g/mol. The fourth-order valence-electron chi connectivity index (χ4n) is 2.09. The molecule has 124 valence electrons. The topological polar surface area (TPSA) is 72.8 Å². The third-order valence-electron chi connectivity index (χ3n) is 3.44. The molecule has 1 saturated heterocycles. The van der Waals surface area contributed by atoms with Gasteiger partial charge in [-0.2, -0.15) is 0 Å². The second-order valence-corrected chi connectivity index (χ2v) is 8.31. The minimum absolute atomic E-state index is 0.152. The molecule has 1 N–H and O–H groups in total. The van der Waals surface area contributed by atoms with Crippen molar-refractivity contribution < 1.29 is 23.5 Å². The Morgan fingerprint density at radius 1 is 1.30 bits per heavy atom. The fraction of sp³-hybridized carbons (Fsp3) is 0.353. The highest BCUT2D eigenvalue weighted by molar-refractivity contribution is 7.57. The predicted octanol–water partition coefficient (Wildman–Crippen LogP) is 4.57. The summed E-state index contributed by atoms with van der Waals surface area (Å²) >= 11 is 0. The van der Waals surface area contributed by atoms with Gasteiger partial charge in [-0.15, -0.1) is 0 Å². The number of allylic oxidation sites excluding steroid dienone is 2. The summed E-state index contributed by atoms with van der Waals surface area (Å²) in [5, 5.41) is 9.11. The standard InChI is InChI=1S/C17H21O5P/c1-12(2)15(13-6-5-7-14(8-13)16(18)19)9-23(20)21-10-17(3,4)11-22-23/h5-9H,1,10-11H2,2-4H3,(H,18,19)/b15-9-. The van der Waals surface area contributed by atoms with Gasteiger partial charge in [0.15, 0.2) is 0 Å². The van der Waals surface area contributed by atoms with Gasteiger partial charge in [0.1, 0.15) is 0 Å². The van der Waals surface area contributed by atoms with Crippen LogP contribution in [-0.2, 0) is 13.6 Å². The summed E-state index contributed by atoms with van der Waals surface area (Å²) in [4.78, 5) is 11.1. The summed E-state index contributed by atoms with van der Waals surface area (Å²) in [7, 11) is -3.38. The van der Waals surface area contributed by atoms with Gasteiger partial charge in [0.2, 0.25) is 0 Å². The van der Waals surface area contributed by atoms with Crippen molar-refractivity contribution in [3.63, 3.8) is 0 Å². The normalized spacial score (nSPS) is 20.0. The lowest BCUT2D eigenvalue weighted by molar-refractivity contribution is 0.0458. The Kier molecular flexibility index (Phi) is 4.95. The molecule has 0 saturated carbocycles. The number of carbonyl (C=O) groups is 1. The lowest BCUT2D eigenvalue weighted by Crippen LogP contribution is -2.28. The number of carboxylic acid groups (broad SMARTS) is 1. The second-order valence-electron chi connectivity index (χ2n) is 6.46. The maximum Gasteiger partial charge on any atom is 0.354 e. The molecule has 0 amide bonds. The van der Waals surface area contributed by atoms with Crippen LogP contribution in [0.1, 0.15) is 36.7 Å². The summed E-state index contributed by atoms with van der Waals surface area (Å²) < 4.78 is 23.7. The molecular formula is C17H21O5P. The summed E-state index contributed by atoms with van der Waals surface area (Å²) in [5.74, 6) is 0.414. The van der Waals surface area contributed by atoms with Crippen LogP contribution in [0.15, 0.2) is 42.2 Å². The van der Waals surface area contributed by atoms with Crippen molar-refractivity contribution in [2.24, 2.45) is 5.41 Å². The molecule has 1 heterocycles. The van der Waals surface area contributed by atoms with E-state index in [2.05, 4.69) is 6.58 Å². The highest BCUT2D eigenvalue weighted by Crippen LogP contribution is 2.56. The molecule has 1 aliphatic heterocycles. The van der Waals surface area contributed by atoms with E-state index in [0.29, 0.717) is 29.9 Å². The summed E-state index contributed by atoms with van der Waals surface area (Å²) in [6.45, 7) is 10.2. The molecule has 1 fully saturated rings. The van der Waals surface area contributed by atoms with Gasteiger partial charge < -0.3 is 14.2 Å². The van der Waals surface area contributed by atoms with Crippen molar-refractivity contribution in [1.82, 2.24) is 0 Å². The molecule has 2 rings (SSSR count). The first-order valence-corrected chi connectivity index (χ1v) is 8.84. The lowest BCUT2D eigenvalue weighted by atomic mass is 9.97. The zero-order chi connectivity index (χ0) is 17.3. The monoisotopic (exact) mass is 336 g/mol. The molecule has 5 nitrogen and oxygen atoms in total. The SMILES string of the molecule is C=C(C)/C(=C/P1(=O)OCC(C)(C)CO1)c1cccc(C(=O)O)c1. The summed E-state index contributed by atoms with van der Waals surface area (Å²) in [6, 6.07) is 6.40. The number of rotatable bonds is 4. The lowest BCUT2D eigenvalue weighted by Gasteiger charge is -2.33. The Hall–Kier alpha value is -1.68. The Morgan fingerprint density at radius 3 is 2.39 bits per heavy atom. The first-order valence-electron chi connectivity index (χ1n) is 7.23. The van der Waals surface area contributed by atoms with Gasteiger partial charge in [-0.3, -0.25) is 4.57 Å². The molecule has 0 bridgehead atoms. The van der Waals surface area contributed by atoms with Crippen LogP contribution in [0.25, 0.3) is 5.57 Å². The van der Waals surface area contributed by atoms with Crippen LogP contribution >= 0.6 is 7.60 Å². The second kappa shape index (κ2) is 6.44. The van der Waals surface area contributed by atoms with Gasteiger partial charge in [-0.05, 0) is 30.2 Å². The molecule has 0 radical (unpaired) electrons. The van der Waals surface area contributed by atoms with Crippen LogP contribution in [0, 0.1) is 5.41 Å². The van der Waals surface area contributed by atoms with E-state index in [1.54, 1.807) is 19.1 Å². The minimum Gasteiger partial charge on any atom is -0.478 e. The molecule has 0 unspecified atom stereocenters. The third kappa shape index (κ3) is 4.41. The molecular weight excluding hydrogens is 315 g/mol. The zero-order valence-corrected chi connectivity index (χ0v) is 14.4.